The predicted octanol–water partition coefficient (Wildman–Crippen LogP) is 0.371. The smallest absolute Gasteiger partial charge is 0.124 e. The van der Waals surface area contributed by atoms with Crippen LogP contribution in [0.4, 0.5) is 0 Å². The summed E-state index contributed by atoms with van der Waals surface area (Å²) in [5.41, 5.74) is 6.63. The van der Waals surface area contributed by atoms with E-state index >= 15 is 0 Å². The first-order valence-electron chi connectivity index (χ1n) is 5.50. The van der Waals surface area contributed by atoms with Crippen LogP contribution in [0.3, 0.4) is 0 Å². The Bertz CT molecular complexity index is 333. The Labute approximate surface area is 95.6 Å². The fourth-order valence-corrected chi connectivity index (χ4v) is 1.81. The standard InChI is InChI=1S/C12H18N2O2/c1-14-6-11(7-14)16-10-4-2-9(3-5-10)12(13)8-15/h2-5,11-12,15H,6-8,13H2,1H3. The first-order valence-corrected chi connectivity index (χ1v) is 5.50. The second-order valence-electron chi connectivity index (χ2n) is 4.32. The minimum absolute atomic E-state index is 0.0341. The quantitative estimate of drug-likeness (QED) is 0.773. The van der Waals surface area contributed by atoms with Crippen molar-refractivity contribution in [1.82, 2.24) is 4.90 Å². The molecule has 0 radical (unpaired) electrons. The maximum atomic E-state index is 8.92. The first kappa shape index (κ1) is 11.4. The number of aliphatic hydroxyl groups is 1. The largest absolute Gasteiger partial charge is 0.488 e. The number of benzene rings is 1. The lowest BCUT2D eigenvalue weighted by atomic mass is 10.1. The summed E-state index contributed by atoms with van der Waals surface area (Å²) in [6.07, 6.45) is 0.308. The lowest BCUT2D eigenvalue weighted by Crippen LogP contribution is -2.51. The molecule has 88 valence electrons. The van der Waals surface area contributed by atoms with Crippen molar-refractivity contribution in [1.29, 1.82) is 0 Å². The highest BCUT2D eigenvalue weighted by molar-refractivity contribution is 5.29. The highest BCUT2D eigenvalue weighted by atomic mass is 16.5. The summed E-state index contributed by atoms with van der Waals surface area (Å²) in [6, 6.07) is 7.31. The molecule has 3 N–H and O–H groups in total. The van der Waals surface area contributed by atoms with Crippen molar-refractivity contribution < 1.29 is 9.84 Å². The van der Waals surface area contributed by atoms with E-state index < -0.39 is 0 Å². The van der Waals surface area contributed by atoms with E-state index in [0.717, 1.165) is 24.4 Å². The van der Waals surface area contributed by atoms with E-state index in [1.54, 1.807) is 0 Å². The maximum Gasteiger partial charge on any atom is 0.124 e. The Balaban J connectivity index is 1.92. The highest BCUT2D eigenvalue weighted by Crippen LogP contribution is 2.19. The molecule has 0 amide bonds. The Morgan fingerprint density at radius 3 is 2.56 bits per heavy atom. The Hall–Kier alpha value is -1.10. The third-order valence-electron chi connectivity index (χ3n) is 2.84. The topological polar surface area (TPSA) is 58.7 Å². The molecule has 0 bridgehead atoms. The van der Waals surface area contributed by atoms with E-state index in [9.17, 15) is 0 Å². The molecule has 2 rings (SSSR count). The zero-order valence-corrected chi connectivity index (χ0v) is 9.47. The Kier molecular flexibility index (Phi) is 3.43. The molecule has 0 spiro atoms. The molecule has 0 saturated carbocycles. The summed E-state index contributed by atoms with van der Waals surface area (Å²) < 4.78 is 5.74. The molecule has 1 fully saturated rings. The summed E-state index contributed by atoms with van der Waals surface area (Å²) in [5, 5.41) is 8.92. The fraction of sp³-hybridized carbons (Fsp3) is 0.500. The van der Waals surface area contributed by atoms with Gasteiger partial charge in [-0.15, -0.1) is 0 Å². The third kappa shape index (κ3) is 2.52. The van der Waals surface area contributed by atoms with Crippen LogP contribution in [0, 0.1) is 0 Å². The van der Waals surface area contributed by atoms with Gasteiger partial charge >= 0.3 is 0 Å². The molecule has 1 atom stereocenters. The van der Waals surface area contributed by atoms with Crippen LogP contribution in [0.1, 0.15) is 11.6 Å². The van der Waals surface area contributed by atoms with Gasteiger partial charge in [-0.05, 0) is 24.7 Å². The van der Waals surface area contributed by atoms with Gasteiger partial charge in [0.05, 0.1) is 12.6 Å². The first-order chi connectivity index (χ1) is 7.69. The van der Waals surface area contributed by atoms with Crippen LogP contribution in [-0.2, 0) is 0 Å². The summed E-state index contributed by atoms with van der Waals surface area (Å²) in [5.74, 6) is 0.868. The van der Waals surface area contributed by atoms with Crippen LogP contribution in [-0.4, -0.2) is 42.9 Å². The fourth-order valence-electron chi connectivity index (χ4n) is 1.81. The van der Waals surface area contributed by atoms with Crippen molar-refractivity contribution in [2.45, 2.75) is 12.1 Å². The number of nitrogens with zero attached hydrogens (tertiary/aromatic N) is 1. The maximum absolute atomic E-state index is 8.92. The van der Waals surface area contributed by atoms with Crippen LogP contribution in [0.2, 0.25) is 0 Å². The lowest BCUT2D eigenvalue weighted by molar-refractivity contribution is 0.0388. The van der Waals surface area contributed by atoms with E-state index in [1.807, 2.05) is 24.3 Å². The lowest BCUT2D eigenvalue weighted by Gasteiger charge is -2.36. The van der Waals surface area contributed by atoms with E-state index in [1.165, 1.54) is 0 Å². The minimum atomic E-state index is -0.302. The molecular weight excluding hydrogens is 204 g/mol. The Morgan fingerprint density at radius 2 is 2.06 bits per heavy atom. The summed E-state index contributed by atoms with van der Waals surface area (Å²) >= 11 is 0. The van der Waals surface area contributed by atoms with Crippen molar-refractivity contribution in [2.75, 3.05) is 26.7 Å². The number of likely N-dealkylation sites (tertiary alicyclic amines) is 1. The molecular formula is C12H18N2O2. The van der Waals surface area contributed by atoms with Gasteiger partial charge < -0.3 is 15.6 Å². The van der Waals surface area contributed by atoms with Crippen LogP contribution >= 0.6 is 0 Å². The van der Waals surface area contributed by atoms with Crippen LogP contribution < -0.4 is 10.5 Å². The van der Waals surface area contributed by atoms with E-state index in [0.29, 0.717) is 6.10 Å². The molecule has 16 heavy (non-hydrogen) atoms. The molecule has 1 unspecified atom stereocenters. The van der Waals surface area contributed by atoms with Crippen LogP contribution in [0.25, 0.3) is 0 Å². The van der Waals surface area contributed by atoms with Crippen molar-refractivity contribution in [2.24, 2.45) is 5.73 Å². The second-order valence-corrected chi connectivity index (χ2v) is 4.32. The molecule has 1 aromatic rings. The predicted molar refractivity (Wildman–Crippen MR) is 62.4 cm³/mol. The molecule has 1 saturated heterocycles. The van der Waals surface area contributed by atoms with Crippen molar-refractivity contribution in [3.8, 4) is 5.75 Å². The third-order valence-corrected chi connectivity index (χ3v) is 2.84. The van der Waals surface area contributed by atoms with Gasteiger partial charge in [-0.25, -0.2) is 0 Å². The number of nitrogens with two attached hydrogens (primary N) is 1. The molecule has 1 heterocycles. The monoisotopic (exact) mass is 222 g/mol. The highest BCUT2D eigenvalue weighted by Gasteiger charge is 2.24. The van der Waals surface area contributed by atoms with Gasteiger partial charge in [0.15, 0.2) is 0 Å². The van der Waals surface area contributed by atoms with Crippen LogP contribution in [0.15, 0.2) is 24.3 Å². The normalized spacial score (nSPS) is 19.2. The van der Waals surface area contributed by atoms with Crippen molar-refractivity contribution >= 4 is 0 Å². The van der Waals surface area contributed by atoms with Crippen molar-refractivity contribution in [3.63, 3.8) is 0 Å². The number of rotatable bonds is 4. The number of aliphatic hydroxyl groups excluding tert-OH is 1. The van der Waals surface area contributed by atoms with Gasteiger partial charge in [0.1, 0.15) is 11.9 Å². The summed E-state index contributed by atoms with van der Waals surface area (Å²) in [7, 11) is 2.07. The molecule has 1 aliphatic rings. The average Bonchev–Trinajstić information content (AvgIpc) is 2.27. The van der Waals surface area contributed by atoms with E-state index in [-0.39, 0.29) is 12.6 Å². The van der Waals surface area contributed by atoms with Gasteiger partial charge in [-0.2, -0.15) is 0 Å². The number of hydrogen-bond acceptors (Lipinski definition) is 4. The van der Waals surface area contributed by atoms with Gasteiger partial charge in [0.25, 0.3) is 0 Å². The SMILES string of the molecule is CN1CC(Oc2ccc(C(N)CO)cc2)C1. The Morgan fingerprint density at radius 1 is 1.44 bits per heavy atom. The molecule has 0 aromatic heterocycles. The zero-order chi connectivity index (χ0) is 11.5. The molecule has 4 nitrogen and oxygen atoms in total. The molecule has 0 aliphatic carbocycles. The second kappa shape index (κ2) is 4.82. The van der Waals surface area contributed by atoms with Gasteiger partial charge in [-0.1, -0.05) is 12.1 Å². The minimum Gasteiger partial charge on any atom is -0.488 e. The van der Waals surface area contributed by atoms with Gasteiger partial charge in [0.2, 0.25) is 0 Å². The zero-order valence-electron chi connectivity index (χ0n) is 9.47. The molecule has 1 aliphatic heterocycles. The summed E-state index contributed by atoms with van der Waals surface area (Å²) in [4.78, 5) is 2.21. The number of hydrogen-bond donors (Lipinski definition) is 2. The molecule has 1 aromatic carbocycles. The van der Waals surface area contributed by atoms with Gasteiger partial charge in [0, 0.05) is 13.1 Å². The van der Waals surface area contributed by atoms with Crippen molar-refractivity contribution in [3.05, 3.63) is 29.8 Å². The number of ether oxygens (including phenoxy) is 1. The average molecular weight is 222 g/mol. The molecule has 4 heteroatoms. The number of likely N-dealkylation sites (N-methyl/N-ethyl adjacent to an activating group) is 1. The van der Waals surface area contributed by atoms with Crippen LogP contribution in [0.5, 0.6) is 5.75 Å². The summed E-state index contributed by atoms with van der Waals surface area (Å²) in [6.45, 7) is 1.93. The van der Waals surface area contributed by atoms with E-state index in [2.05, 4.69) is 11.9 Å². The van der Waals surface area contributed by atoms with Gasteiger partial charge in [-0.3, -0.25) is 4.90 Å². The van der Waals surface area contributed by atoms with E-state index in [4.69, 9.17) is 15.6 Å².